The molecule has 0 aromatic heterocycles. The fraction of sp³-hybridized carbons (Fsp3) is 0.133. The minimum atomic E-state index is -0.951. The Morgan fingerprint density at radius 3 is 2.57 bits per heavy atom. The second kappa shape index (κ2) is 5.33. The van der Waals surface area contributed by atoms with Crippen LogP contribution < -0.4 is 10.1 Å². The van der Waals surface area contributed by atoms with Crippen LogP contribution in [0.15, 0.2) is 36.4 Å². The number of anilines is 1. The highest BCUT2D eigenvalue weighted by Crippen LogP contribution is 2.35. The molecule has 0 fully saturated rings. The van der Waals surface area contributed by atoms with Gasteiger partial charge >= 0.3 is 0 Å². The zero-order valence-corrected chi connectivity index (χ0v) is 11.5. The van der Waals surface area contributed by atoms with Crippen molar-refractivity contribution in [3.8, 4) is 5.75 Å². The van der Waals surface area contributed by atoms with Gasteiger partial charge in [-0.1, -0.05) is 12.1 Å². The fourth-order valence-corrected chi connectivity index (χ4v) is 2.39. The van der Waals surface area contributed by atoms with Gasteiger partial charge in [0.05, 0.1) is 11.1 Å². The average Bonchev–Trinajstić information content (AvgIpc) is 2.48. The Hall–Kier alpha value is -2.14. The Bertz CT molecular complexity index is 721. The highest BCUT2D eigenvalue weighted by Gasteiger charge is 2.19. The first kappa shape index (κ1) is 13.8. The van der Waals surface area contributed by atoms with Gasteiger partial charge in [0.1, 0.15) is 5.75 Å². The SMILES string of the molecule is O=C1COc2ccc(C(Cl)c3ccc(F)c(F)c3)cc2N1. The van der Waals surface area contributed by atoms with Crippen molar-refractivity contribution in [2.24, 2.45) is 0 Å². The fourth-order valence-electron chi connectivity index (χ4n) is 2.12. The standard InChI is InChI=1S/C15H10ClF2NO2/c16-15(8-1-3-10(17)11(18)5-8)9-2-4-13-12(6-9)19-14(20)7-21-13/h1-6,15H,7H2,(H,19,20). The number of carbonyl (C=O) groups excluding carboxylic acids is 1. The Balaban J connectivity index is 1.94. The summed E-state index contributed by atoms with van der Waals surface area (Å²) >= 11 is 6.29. The number of hydrogen-bond donors (Lipinski definition) is 1. The molecule has 0 saturated heterocycles. The average molecular weight is 310 g/mol. The summed E-state index contributed by atoms with van der Waals surface area (Å²) in [6, 6.07) is 8.56. The quantitative estimate of drug-likeness (QED) is 0.860. The summed E-state index contributed by atoms with van der Waals surface area (Å²) in [5.41, 5.74) is 1.59. The predicted molar refractivity (Wildman–Crippen MR) is 74.6 cm³/mol. The van der Waals surface area contributed by atoms with Crippen LogP contribution in [-0.2, 0) is 4.79 Å². The van der Waals surface area contributed by atoms with E-state index in [0.717, 1.165) is 12.1 Å². The number of halogens is 3. The molecule has 3 nitrogen and oxygen atoms in total. The largest absolute Gasteiger partial charge is 0.482 e. The van der Waals surface area contributed by atoms with Gasteiger partial charge in [0.2, 0.25) is 0 Å². The summed E-state index contributed by atoms with van der Waals surface area (Å²) in [6.07, 6.45) is 0. The number of ether oxygens (including phenoxy) is 1. The van der Waals surface area contributed by atoms with Crippen LogP contribution in [0.3, 0.4) is 0 Å². The highest BCUT2D eigenvalue weighted by atomic mass is 35.5. The monoisotopic (exact) mass is 309 g/mol. The number of hydrogen-bond acceptors (Lipinski definition) is 2. The lowest BCUT2D eigenvalue weighted by Gasteiger charge is -2.20. The molecule has 3 rings (SSSR count). The molecule has 2 aromatic carbocycles. The van der Waals surface area contributed by atoms with Crippen LogP contribution >= 0.6 is 11.6 Å². The van der Waals surface area contributed by atoms with Crippen molar-refractivity contribution < 1.29 is 18.3 Å². The molecule has 108 valence electrons. The first-order valence-corrected chi connectivity index (χ1v) is 6.64. The van der Waals surface area contributed by atoms with Crippen molar-refractivity contribution in [1.82, 2.24) is 0 Å². The number of carbonyl (C=O) groups is 1. The molecule has 0 aliphatic carbocycles. The summed E-state index contributed by atoms with van der Waals surface area (Å²) in [5, 5.41) is 2.01. The minimum absolute atomic E-state index is 0.0280. The van der Waals surface area contributed by atoms with Gasteiger partial charge in [-0.3, -0.25) is 4.79 Å². The van der Waals surface area contributed by atoms with Crippen molar-refractivity contribution in [3.63, 3.8) is 0 Å². The van der Waals surface area contributed by atoms with Gasteiger partial charge in [0, 0.05) is 0 Å². The summed E-state index contributed by atoms with van der Waals surface area (Å²) in [4.78, 5) is 11.3. The molecule has 1 atom stereocenters. The van der Waals surface area contributed by atoms with Gasteiger partial charge in [0.15, 0.2) is 18.2 Å². The minimum Gasteiger partial charge on any atom is -0.482 e. The number of amides is 1. The van der Waals surface area contributed by atoms with E-state index in [0.29, 0.717) is 22.6 Å². The van der Waals surface area contributed by atoms with Crippen LogP contribution in [-0.4, -0.2) is 12.5 Å². The molecule has 6 heteroatoms. The number of fused-ring (bicyclic) bond motifs is 1. The van der Waals surface area contributed by atoms with Crippen LogP contribution in [0.2, 0.25) is 0 Å². The molecular formula is C15H10ClF2NO2. The smallest absolute Gasteiger partial charge is 0.262 e. The second-order valence-electron chi connectivity index (χ2n) is 4.63. The molecule has 0 saturated carbocycles. The van der Waals surface area contributed by atoms with Crippen LogP contribution in [0.25, 0.3) is 0 Å². The van der Waals surface area contributed by atoms with Crippen LogP contribution in [0, 0.1) is 11.6 Å². The molecule has 0 radical (unpaired) electrons. The Morgan fingerprint density at radius 1 is 1.10 bits per heavy atom. The maximum atomic E-state index is 13.3. The van der Waals surface area contributed by atoms with E-state index in [2.05, 4.69) is 5.32 Å². The predicted octanol–water partition coefficient (Wildman–Crippen LogP) is 3.62. The van der Waals surface area contributed by atoms with E-state index in [1.165, 1.54) is 6.07 Å². The lowest BCUT2D eigenvalue weighted by molar-refractivity contribution is -0.118. The van der Waals surface area contributed by atoms with E-state index in [1.807, 2.05) is 0 Å². The first-order valence-electron chi connectivity index (χ1n) is 6.20. The normalized spacial score (nSPS) is 14.9. The molecule has 2 aromatic rings. The van der Waals surface area contributed by atoms with E-state index in [1.54, 1.807) is 18.2 Å². The molecule has 1 aliphatic rings. The molecular weight excluding hydrogens is 300 g/mol. The number of benzene rings is 2. The number of nitrogens with one attached hydrogen (secondary N) is 1. The molecule has 1 aliphatic heterocycles. The summed E-state index contributed by atoms with van der Waals surface area (Å²) in [5.74, 6) is -1.58. The lowest BCUT2D eigenvalue weighted by Crippen LogP contribution is -2.25. The van der Waals surface area contributed by atoms with Gasteiger partial charge in [-0.2, -0.15) is 0 Å². The third kappa shape index (κ3) is 2.69. The third-order valence-corrected chi connectivity index (χ3v) is 3.67. The van der Waals surface area contributed by atoms with E-state index >= 15 is 0 Å². The Morgan fingerprint density at radius 2 is 1.81 bits per heavy atom. The van der Waals surface area contributed by atoms with Gasteiger partial charge in [-0.25, -0.2) is 8.78 Å². The first-order chi connectivity index (χ1) is 10.0. The Labute approximate surface area is 124 Å². The van der Waals surface area contributed by atoms with Crippen molar-refractivity contribution in [3.05, 3.63) is 59.2 Å². The lowest BCUT2D eigenvalue weighted by atomic mass is 10.0. The van der Waals surface area contributed by atoms with Crippen molar-refractivity contribution in [2.75, 3.05) is 11.9 Å². The van der Waals surface area contributed by atoms with E-state index < -0.39 is 17.0 Å². The topological polar surface area (TPSA) is 38.3 Å². The van der Waals surface area contributed by atoms with Crippen molar-refractivity contribution in [2.45, 2.75) is 5.38 Å². The summed E-state index contributed by atoms with van der Waals surface area (Å²) < 4.78 is 31.5. The Kier molecular flexibility index (Phi) is 3.51. The highest BCUT2D eigenvalue weighted by molar-refractivity contribution is 6.22. The van der Waals surface area contributed by atoms with Crippen molar-refractivity contribution in [1.29, 1.82) is 0 Å². The van der Waals surface area contributed by atoms with Crippen molar-refractivity contribution >= 4 is 23.2 Å². The number of alkyl halides is 1. The molecule has 1 unspecified atom stereocenters. The number of rotatable bonds is 2. The molecule has 1 amide bonds. The van der Waals surface area contributed by atoms with E-state index in [-0.39, 0.29) is 12.5 Å². The maximum absolute atomic E-state index is 13.3. The van der Waals surface area contributed by atoms with Crippen LogP contribution in [0.5, 0.6) is 5.75 Å². The molecule has 1 heterocycles. The van der Waals surface area contributed by atoms with Crippen LogP contribution in [0.1, 0.15) is 16.5 Å². The molecule has 0 spiro atoms. The zero-order chi connectivity index (χ0) is 15.0. The van der Waals surface area contributed by atoms with Gasteiger partial charge in [-0.15, -0.1) is 11.6 Å². The second-order valence-corrected chi connectivity index (χ2v) is 5.06. The van der Waals surface area contributed by atoms with Gasteiger partial charge < -0.3 is 10.1 Å². The maximum Gasteiger partial charge on any atom is 0.262 e. The summed E-state index contributed by atoms with van der Waals surface area (Å²) in [6.45, 7) is -0.0280. The molecule has 1 N–H and O–H groups in total. The zero-order valence-electron chi connectivity index (χ0n) is 10.7. The molecule has 21 heavy (non-hydrogen) atoms. The van der Waals surface area contributed by atoms with Gasteiger partial charge in [-0.05, 0) is 35.4 Å². The van der Waals surface area contributed by atoms with E-state index in [9.17, 15) is 13.6 Å². The third-order valence-electron chi connectivity index (χ3n) is 3.17. The van der Waals surface area contributed by atoms with E-state index in [4.69, 9.17) is 16.3 Å². The summed E-state index contributed by atoms with van der Waals surface area (Å²) in [7, 11) is 0. The van der Waals surface area contributed by atoms with Gasteiger partial charge in [0.25, 0.3) is 5.91 Å². The van der Waals surface area contributed by atoms with Crippen LogP contribution in [0.4, 0.5) is 14.5 Å². The molecule has 0 bridgehead atoms.